The van der Waals surface area contributed by atoms with E-state index in [1.54, 1.807) is 6.07 Å². The normalized spacial score (nSPS) is 17.9. The van der Waals surface area contributed by atoms with Crippen LogP contribution in [0, 0.1) is 0 Å². The van der Waals surface area contributed by atoms with Gasteiger partial charge in [-0.25, -0.2) is 9.59 Å². The molecule has 0 spiro atoms. The highest BCUT2D eigenvalue weighted by Gasteiger charge is 2.34. The number of carboxylic acid groups (broad SMARTS) is 1. The summed E-state index contributed by atoms with van der Waals surface area (Å²) in [7, 11) is 0. The maximum absolute atomic E-state index is 12.3. The van der Waals surface area contributed by atoms with Crippen molar-refractivity contribution in [1.29, 1.82) is 0 Å². The number of thioether (sulfide) groups is 1. The number of carbonyl (C=O) groups is 2. The molecule has 1 heterocycles. The molecule has 0 aromatic heterocycles. The van der Waals surface area contributed by atoms with Crippen LogP contribution < -0.4 is 10.1 Å². The Kier molecular flexibility index (Phi) is 4.84. The molecule has 1 aromatic rings. The van der Waals surface area contributed by atoms with Crippen LogP contribution in [0.5, 0.6) is 5.75 Å². The Bertz CT molecular complexity index is 544. The minimum absolute atomic E-state index is 0.0591. The second kappa shape index (κ2) is 6.61. The minimum atomic E-state index is -3.02. The number of amides is 2. The van der Waals surface area contributed by atoms with Crippen molar-refractivity contribution < 1.29 is 28.2 Å². The number of alkyl halides is 2. The summed E-state index contributed by atoms with van der Waals surface area (Å²) >= 11 is 1.31. The molecule has 1 aliphatic rings. The summed E-state index contributed by atoms with van der Waals surface area (Å²) < 4.78 is 28.9. The summed E-state index contributed by atoms with van der Waals surface area (Å²) in [4.78, 5) is 24.2. The van der Waals surface area contributed by atoms with Crippen molar-refractivity contribution in [1.82, 2.24) is 4.90 Å². The van der Waals surface area contributed by atoms with Gasteiger partial charge in [0.1, 0.15) is 11.8 Å². The van der Waals surface area contributed by atoms with Gasteiger partial charge in [0.25, 0.3) is 0 Å². The SMILES string of the molecule is O=C(O)[C@@H]1CSCN1C(=O)Nc1ccccc1OC(F)F. The largest absolute Gasteiger partial charge is 0.480 e. The molecule has 114 valence electrons. The van der Waals surface area contributed by atoms with Crippen molar-refractivity contribution in [2.75, 3.05) is 16.9 Å². The molecule has 0 radical (unpaired) electrons. The topological polar surface area (TPSA) is 78.9 Å². The van der Waals surface area contributed by atoms with Crippen molar-refractivity contribution in [2.45, 2.75) is 12.7 Å². The lowest BCUT2D eigenvalue weighted by atomic mass is 10.3. The third-order valence-corrected chi connectivity index (χ3v) is 3.79. The van der Waals surface area contributed by atoms with E-state index in [9.17, 15) is 18.4 Å². The molecule has 0 aliphatic carbocycles. The maximum Gasteiger partial charge on any atom is 0.387 e. The van der Waals surface area contributed by atoms with Gasteiger partial charge in [0.05, 0.1) is 11.6 Å². The van der Waals surface area contributed by atoms with E-state index in [0.717, 1.165) is 4.90 Å². The first kappa shape index (κ1) is 15.4. The lowest BCUT2D eigenvalue weighted by Crippen LogP contribution is -2.44. The fourth-order valence-corrected chi connectivity index (χ4v) is 2.95. The summed E-state index contributed by atoms with van der Waals surface area (Å²) in [5.41, 5.74) is 0.0591. The van der Waals surface area contributed by atoms with Crippen LogP contribution in [-0.4, -0.2) is 46.3 Å². The van der Waals surface area contributed by atoms with Crippen LogP contribution in [0.2, 0.25) is 0 Å². The number of para-hydroxylation sites is 2. The number of halogens is 2. The fraction of sp³-hybridized carbons (Fsp3) is 0.333. The fourth-order valence-electron chi connectivity index (χ4n) is 1.80. The summed E-state index contributed by atoms with van der Waals surface area (Å²) in [6.07, 6.45) is 0. The van der Waals surface area contributed by atoms with Gasteiger partial charge in [-0.15, -0.1) is 11.8 Å². The van der Waals surface area contributed by atoms with Crippen molar-refractivity contribution >= 4 is 29.4 Å². The Morgan fingerprint density at radius 2 is 2.14 bits per heavy atom. The number of hydrogen-bond acceptors (Lipinski definition) is 4. The zero-order valence-corrected chi connectivity index (χ0v) is 11.5. The molecule has 6 nitrogen and oxygen atoms in total. The van der Waals surface area contributed by atoms with Crippen LogP contribution >= 0.6 is 11.8 Å². The predicted octanol–water partition coefficient (Wildman–Crippen LogP) is 2.28. The highest BCUT2D eigenvalue weighted by molar-refractivity contribution is 7.99. The lowest BCUT2D eigenvalue weighted by molar-refractivity contribution is -0.140. The number of anilines is 1. The first-order chi connectivity index (χ1) is 9.99. The van der Waals surface area contributed by atoms with Gasteiger partial charge >= 0.3 is 18.6 Å². The van der Waals surface area contributed by atoms with Gasteiger partial charge in [0, 0.05) is 5.75 Å². The smallest absolute Gasteiger partial charge is 0.387 e. The molecular formula is C12H12F2N2O4S. The zero-order chi connectivity index (χ0) is 15.4. The van der Waals surface area contributed by atoms with Gasteiger partial charge in [-0.1, -0.05) is 12.1 Å². The van der Waals surface area contributed by atoms with E-state index < -0.39 is 24.7 Å². The van der Waals surface area contributed by atoms with E-state index in [2.05, 4.69) is 10.1 Å². The Morgan fingerprint density at radius 3 is 2.81 bits per heavy atom. The Morgan fingerprint density at radius 1 is 1.43 bits per heavy atom. The average molecular weight is 318 g/mol. The number of carboxylic acids is 1. The number of nitrogens with zero attached hydrogens (tertiary/aromatic N) is 1. The number of ether oxygens (including phenoxy) is 1. The molecule has 21 heavy (non-hydrogen) atoms. The van der Waals surface area contributed by atoms with Crippen molar-refractivity contribution in [2.24, 2.45) is 0 Å². The first-order valence-electron chi connectivity index (χ1n) is 5.91. The maximum atomic E-state index is 12.3. The summed E-state index contributed by atoms with van der Waals surface area (Å²) in [5, 5.41) is 11.4. The standard InChI is InChI=1S/C12H12F2N2O4S/c13-11(14)20-9-4-2-1-3-7(9)15-12(19)16-6-21-5-8(16)10(17)18/h1-4,8,11H,5-6H2,(H,15,19)(H,17,18)/t8-/m0/s1. The Balaban J connectivity index is 2.11. The number of hydrogen-bond donors (Lipinski definition) is 2. The molecule has 9 heteroatoms. The average Bonchev–Trinajstić information content (AvgIpc) is 2.90. The number of rotatable bonds is 4. The zero-order valence-electron chi connectivity index (χ0n) is 10.7. The van der Waals surface area contributed by atoms with Gasteiger partial charge in [0.2, 0.25) is 0 Å². The minimum Gasteiger partial charge on any atom is -0.480 e. The molecular weight excluding hydrogens is 306 g/mol. The van der Waals surface area contributed by atoms with Crippen LogP contribution in [-0.2, 0) is 4.79 Å². The van der Waals surface area contributed by atoms with E-state index in [1.165, 1.54) is 30.0 Å². The Hall–Kier alpha value is -2.03. The molecule has 1 atom stereocenters. The number of nitrogens with one attached hydrogen (secondary N) is 1. The van der Waals surface area contributed by atoms with E-state index in [-0.39, 0.29) is 23.1 Å². The van der Waals surface area contributed by atoms with Crippen molar-refractivity contribution in [3.05, 3.63) is 24.3 Å². The number of carbonyl (C=O) groups excluding carboxylic acids is 1. The molecule has 2 amide bonds. The van der Waals surface area contributed by atoms with Gasteiger partial charge in [-0.3, -0.25) is 0 Å². The molecule has 0 saturated carbocycles. The van der Waals surface area contributed by atoms with E-state index in [1.807, 2.05) is 0 Å². The van der Waals surface area contributed by atoms with Crippen molar-refractivity contribution in [3.8, 4) is 5.75 Å². The van der Waals surface area contributed by atoms with Crippen LogP contribution in [0.15, 0.2) is 24.3 Å². The van der Waals surface area contributed by atoms with Crippen molar-refractivity contribution in [3.63, 3.8) is 0 Å². The molecule has 0 unspecified atom stereocenters. The van der Waals surface area contributed by atoms with E-state index in [4.69, 9.17) is 5.11 Å². The van der Waals surface area contributed by atoms with Gasteiger partial charge in [-0.2, -0.15) is 8.78 Å². The van der Waals surface area contributed by atoms with Crippen LogP contribution in [0.25, 0.3) is 0 Å². The lowest BCUT2D eigenvalue weighted by Gasteiger charge is -2.21. The molecule has 0 bridgehead atoms. The second-order valence-corrected chi connectivity index (χ2v) is 5.13. The van der Waals surface area contributed by atoms with Gasteiger partial charge in [-0.05, 0) is 12.1 Å². The first-order valence-corrected chi connectivity index (χ1v) is 7.06. The van der Waals surface area contributed by atoms with Crippen LogP contribution in [0.3, 0.4) is 0 Å². The monoisotopic (exact) mass is 318 g/mol. The van der Waals surface area contributed by atoms with Gasteiger partial charge in [0.15, 0.2) is 0 Å². The molecule has 2 N–H and O–H groups in total. The molecule has 1 aliphatic heterocycles. The highest BCUT2D eigenvalue weighted by atomic mass is 32.2. The van der Waals surface area contributed by atoms with Crippen LogP contribution in [0.1, 0.15) is 0 Å². The quantitative estimate of drug-likeness (QED) is 0.890. The third kappa shape index (κ3) is 3.75. The van der Waals surface area contributed by atoms with E-state index in [0.29, 0.717) is 0 Å². The van der Waals surface area contributed by atoms with Crippen LogP contribution in [0.4, 0.5) is 19.3 Å². The molecule has 1 saturated heterocycles. The predicted molar refractivity (Wildman–Crippen MR) is 72.7 cm³/mol. The summed E-state index contributed by atoms with van der Waals surface area (Å²) in [6, 6.07) is 4.11. The number of urea groups is 1. The second-order valence-electron chi connectivity index (χ2n) is 4.13. The molecule has 1 fully saturated rings. The Labute approximate surface area is 123 Å². The highest BCUT2D eigenvalue weighted by Crippen LogP contribution is 2.27. The number of aliphatic carboxylic acids is 1. The summed E-state index contributed by atoms with van der Waals surface area (Å²) in [6.45, 7) is -3.02. The molecule has 2 rings (SSSR count). The summed E-state index contributed by atoms with van der Waals surface area (Å²) in [5.74, 6) is -0.773. The third-order valence-electron chi connectivity index (χ3n) is 2.77. The molecule has 1 aromatic carbocycles. The van der Waals surface area contributed by atoms with Gasteiger partial charge < -0.3 is 20.1 Å². The number of benzene rings is 1. The van der Waals surface area contributed by atoms with E-state index >= 15 is 0 Å².